The number of hydrogen-bond donors (Lipinski definition) is 0. The van der Waals surface area contributed by atoms with Gasteiger partial charge >= 0.3 is 23.4 Å². The molecule has 27 nitrogen and oxygen atoms in total. The van der Waals surface area contributed by atoms with Crippen molar-refractivity contribution >= 4 is 74.0 Å². The van der Waals surface area contributed by atoms with Crippen molar-refractivity contribution in [3.63, 3.8) is 0 Å². The highest BCUT2D eigenvalue weighted by molar-refractivity contribution is 6.01. The number of carbonyl (C=O) groups is 1. The molecule has 111 heavy (non-hydrogen) atoms. The molecule has 0 N–H and O–H groups in total. The lowest BCUT2D eigenvalue weighted by atomic mass is 9.92. The maximum atomic E-state index is 14.9. The SMILES string of the molecule is CO/N=C(\F)c1cc(/C(=C\CCCN2CCOC2=O)c2cc(C)c3oc(=O)n(C)c3c2)cc(C)c1OC.CO/N=C(\F)c1cc(/C(=C\CCCc2nc(C)no2)c2cc(C)c3oc(=O)n(C)c3c2)cc(C)c1OC.CO/N=C(\F)c1cc(/C(=C\CCCc2nnc(C)o2)c2cc(C)c3oc(=O)n(C)c3c2)cc(C)c1OC. The number of ether oxygens (including phenoxy) is 4. The minimum absolute atomic E-state index is 0.165. The molecule has 0 aliphatic carbocycles. The zero-order valence-corrected chi connectivity index (χ0v) is 65.0. The molecule has 1 amide bonds. The van der Waals surface area contributed by atoms with Gasteiger partial charge < -0.3 is 60.6 Å². The number of carbonyl (C=O) groups excluding carboxylic acids is 1. The van der Waals surface area contributed by atoms with Gasteiger partial charge in [-0.05, 0) is 243 Å². The number of aryl methyl sites for hydroxylation is 13. The highest BCUT2D eigenvalue weighted by atomic mass is 19.1. The number of nitrogens with zero attached hydrogens (tertiary/aromatic N) is 11. The Balaban J connectivity index is 0.000000177. The summed E-state index contributed by atoms with van der Waals surface area (Å²) in [6, 6.07) is 22.4. The van der Waals surface area contributed by atoms with Crippen LogP contribution in [0.2, 0.25) is 0 Å². The number of benzene rings is 6. The van der Waals surface area contributed by atoms with Crippen LogP contribution in [0.3, 0.4) is 0 Å². The van der Waals surface area contributed by atoms with Gasteiger partial charge in [-0.25, -0.2) is 19.2 Å². The molecule has 1 saturated heterocycles. The van der Waals surface area contributed by atoms with Gasteiger partial charge in [-0.1, -0.05) is 38.9 Å². The molecule has 0 unspecified atom stereocenters. The number of rotatable bonds is 27. The van der Waals surface area contributed by atoms with Crippen molar-refractivity contribution in [3.05, 3.63) is 230 Å². The number of aromatic nitrogens is 7. The Hall–Kier alpha value is -12.5. The van der Waals surface area contributed by atoms with E-state index in [1.807, 2.05) is 96.1 Å². The Morgan fingerprint density at radius 3 is 1.13 bits per heavy atom. The second-order valence-electron chi connectivity index (χ2n) is 26.4. The molecule has 584 valence electrons. The van der Waals surface area contributed by atoms with Crippen LogP contribution in [-0.4, -0.2) is 125 Å². The predicted octanol–water partition coefficient (Wildman–Crippen LogP) is 15.1. The number of fused-ring (bicyclic) bond motifs is 3. The molecule has 11 aromatic rings. The van der Waals surface area contributed by atoms with Crippen molar-refractivity contribution in [2.75, 3.05) is 62.4 Å². The molecule has 0 spiro atoms. The van der Waals surface area contributed by atoms with E-state index in [0.29, 0.717) is 132 Å². The topological polar surface area (TPSA) is 305 Å². The van der Waals surface area contributed by atoms with Gasteiger partial charge in [-0.3, -0.25) is 13.7 Å². The lowest BCUT2D eigenvalue weighted by molar-refractivity contribution is 0.158. The van der Waals surface area contributed by atoms with Crippen molar-refractivity contribution in [2.24, 2.45) is 36.6 Å². The molecule has 1 fully saturated rings. The zero-order valence-electron chi connectivity index (χ0n) is 65.0. The lowest BCUT2D eigenvalue weighted by Gasteiger charge is -2.16. The molecule has 1 aliphatic heterocycles. The molecular weight excluding hydrogens is 1440 g/mol. The Labute approximate surface area is 636 Å². The summed E-state index contributed by atoms with van der Waals surface area (Å²) in [5.74, 6) is -0.309. The van der Waals surface area contributed by atoms with Gasteiger partial charge in [0.25, 0.3) is 17.9 Å². The number of methoxy groups -OCH3 is 3. The van der Waals surface area contributed by atoms with Crippen molar-refractivity contribution in [3.8, 4) is 17.2 Å². The zero-order chi connectivity index (χ0) is 80.1. The average molecular weight is 1530 g/mol. The molecule has 6 aromatic carbocycles. The first-order chi connectivity index (χ1) is 53.2. The van der Waals surface area contributed by atoms with E-state index in [9.17, 15) is 32.3 Å². The van der Waals surface area contributed by atoms with E-state index in [0.717, 1.165) is 96.3 Å². The van der Waals surface area contributed by atoms with Crippen molar-refractivity contribution < 1.29 is 73.6 Å². The van der Waals surface area contributed by atoms with Crippen LogP contribution in [0.1, 0.15) is 145 Å². The summed E-state index contributed by atoms with van der Waals surface area (Å²) in [4.78, 5) is 68.2. The summed E-state index contributed by atoms with van der Waals surface area (Å²) in [7, 11) is 13.3. The van der Waals surface area contributed by atoms with Crippen LogP contribution in [0.4, 0.5) is 18.0 Å². The van der Waals surface area contributed by atoms with E-state index >= 15 is 0 Å². The van der Waals surface area contributed by atoms with Gasteiger partial charge in [-0.2, -0.15) is 18.2 Å². The first kappa shape index (κ1) is 81.0. The maximum Gasteiger partial charge on any atom is 0.419 e. The second kappa shape index (κ2) is 36.1. The van der Waals surface area contributed by atoms with E-state index in [1.54, 1.807) is 58.1 Å². The number of allylic oxidation sites excluding steroid dienone is 3. The molecule has 0 radical (unpaired) electrons. The number of hydrogen-bond acceptors (Lipinski definition) is 23. The largest absolute Gasteiger partial charge is 0.496 e. The second-order valence-corrected chi connectivity index (χ2v) is 26.4. The van der Waals surface area contributed by atoms with Crippen LogP contribution in [0.15, 0.2) is 143 Å². The fraction of sp³-hybridized carbons (Fsp3) is 0.346. The monoisotopic (exact) mass is 1530 g/mol. The van der Waals surface area contributed by atoms with E-state index < -0.39 is 35.2 Å². The third-order valence-corrected chi connectivity index (χ3v) is 18.6. The van der Waals surface area contributed by atoms with Crippen molar-refractivity contribution in [1.82, 2.24) is 38.9 Å². The predicted molar refractivity (Wildman–Crippen MR) is 413 cm³/mol. The highest BCUT2D eigenvalue weighted by Gasteiger charge is 2.26. The van der Waals surface area contributed by atoms with E-state index in [1.165, 1.54) is 56.4 Å². The minimum Gasteiger partial charge on any atom is -0.496 e. The quantitative estimate of drug-likeness (QED) is 0.0262. The summed E-state index contributed by atoms with van der Waals surface area (Å²) >= 11 is 0. The molecule has 1 aliphatic rings. The molecule has 0 saturated carbocycles. The maximum absolute atomic E-state index is 14.9. The van der Waals surface area contributed by atoms with Crippen LogP contribution in [0.25, 0.3) is 50.0 Å². The van der Waals surface area contributed by atoms with Gasteiger partial charge in [0, 0.05) is 47.5 Å². The number of halogens is 3. The van der Waals surface area contributed by atoms with Gasteiger partial charge in [0.15, 0.2) is 22.6 Å². The summed E-state index contributed by atoms with van der Waals surface area (Å²) in [5, 5.41) is 22.2. The van der Waals surface area contributed by atoms with Gasteiger partial charge in [0.2, 0.25) is 17.7 Å². The van der Waals surface area contributed by atoms with Crippen LogP contribution < -0.4 is 31.5 Å². The fourth-order valence-electron chi connectivity index (χ4n) is 13.3. The highest BCUT2D eigenvalue weighted by Crippen LogP contribution is 2.39. The first-order valence-corrected chi connectivity index (χ1v) is 35.5. The van der Waals surface area contributed by atoms with Gasteiger partial charge in [-0.15, -0.1) is 10.2 Å². The molecular formula is C81H88F3N11O16. The van der Waals surface area contributed by atoms with E-state index in [-0.39, 0.29) is 22.8 Å². The number of unbranched alkanes of at least 4 members (excludes halogenated alkanes) is 3. The summed E-state index contributed by atoms with van der Waals surface area (Å²) in [6.45, 7) is 16.3. The Morgan fingerprint density at radius 1 is 0.459 bits per heavy atom. The van der Waals surface area contributed by atoms with Gasteiger partial charge in [0.05, 0.1) is 61.1 Å². The number of oxime groups is 3. The molecule has 30 heteroatoms. The fourth-order valence-corrected chi connectivity index (χ4v) is 13.3. The number of oxazole rings is 3. The minimum atomic E-state index is -0.806. The van der Waals surface area contributed by atoms with Crippen molar-refractivity contribution in [2.45, 2.75) is 107 Å². The summed E-state index contributed by atoms with van der Waals surface area (Å²) < 4.78 is 97.4. The molecule has 6 heterocycles. The smallest absolute Gasteiger partial charge is 0.419 e. The van der Waals surface area contributed by atoms with Crippen LogP contribution in [-0.2, 0) is 53.2 Å². The summed E-state index contributed by atoms with van der Waals surface area (Å²) in [6.07, 6.45) is 11.4. The average Bonchev–Trinajstić information content (AvgIpc) is 1.77. The van der Waals surface area contributed by atoms with E-state index in [4.69, 9.17) is 41.1 Å². The molecule has 0 bridgehead atoms. The molecule has 0 atom stereocenters. The third-order valence-electron chi connectivity index (χ3n) is 18.6. The van der Waals surface area contributed by atoms with Crippen LogP contribution >= 0.6 is 0 Å². The first-order valence-electron chi connectivity index (χ1n) is 35.5. The molecule has 5 aromatic heterocycles. The van der Waals surface area contributed by atoms with Crippen molar-refractivity contribution in [1.29, 1.82) is 0 Å². The van der Waals surface area contributed by atoms with E-state index in [2.05, 4.69) is 68.5 Å². The number of amides is 1. The Morgan fingerprint density at radius 2 is 0.811 bits per heavy atom. The number of cyclic esters (lactones) is 1. The Kier molecular flexibility index (Phi) is 26.4. The van der Waals surface area contributed by atoms with Gasteiger partial charge in [0.1, 0.15) is 45.2 Å². The standard InChI is InChI=1S/2C27H29FN4O5.C27H30FN3O6/c1-15-11-18(13-21(24(15)34-5)26(28)31-35-6)20(9-7-8-10-23-30-29-17(3)36-23)19-12-16(2)25-22(14-19)32(4)27(33)37-25;1-15-11-18(13-21(24(15)34-5)26(28)31-35-6)20(9-7-8-10-23-29-17(3)30-37-23)19-12-16(2)25-22(14-19)32(4)27(33)36-25;1-16-12-18(14-21(23(16)34-4)25(28)29-35-5)20(8-6-7-9-31-10-11-36-27(31)33)19-13-17(2)24-22(15-19)30(3)26(32)37-24/h2*9,11-14H,7-8,10H2,1-6H3;8,12-15H,6-7,9-11H2,1-5H3/b2*20-9+,31-26-;20-8+,29-25-. The lowest BCUT2D eigenvalue weighted by Crippen LogP contribution is -2.25. The third kappa shape index (κ3) is 18.5. The summed E-state index contributed by atoms with van der Waals surface area (Å²) in [5.41, 5.74) is 16.1. The van der Waals surface area contributed by atoms with Crippen LogP contribution in [0, 0.1) is 55.4 Å². The van der Waals surface area contributed by atoms with Crippen LogP contribution in [0.5, 0.6) is 17.2 Å². The molecule has 12 rings (SSSR count). The normalized spacial score (nSPS) is 13.1. The Bertz CT molecular complexity index is 5430.